The molecule has 0 aliphatic heterocycles. The van der Waals surface area contributed by atoms with Gasteiger partial charge in [-0.1, -0.05) is 76.1 Å². The van der Waals surface area contributed by atoms with Crippen molar-refractivity contribution in [1.82, 2.24) is 0 Å². The molecule has 2 aromatic rings. The number of aliphatic imine (C=N–C) groups is 1. The average Bonchev–Trinajstić information content (AvgIpc) is 2.57. The van der Waals surface area contributed by atoms with Gasteiger partial charge in [-0.15, -0.1) is 12.7 Å². The average molecular weight is 510 g/mol. The van der Waals surface area contributed by atoms with Crippen molar-refractivity contribution in [1.29, 1.82) is 0 Å². The van der Waals surface area contributed by atoms with Crippen molar-refractivity contribution < 1.29 is 36.5 Å². The Morgan fingerprint density at radius 1 is 0.966 bits per heavy atom. The van der Waals surface area contributed by atoms with Crippen molar-refractivity contribution in [2.45, 2.75) is 31.1 Å². The van der Waals surface area contributed by atoms with Crippen LogP contribution in [0.25, 0.3) is 5.32 Å². The Hall–Kier alpha value is -0.796. The van der Waals surface area contributed by atoms with Crippen LogP contribution in [0.15, 0.2) is 52.4 Å². The van der Waals surface area contributed by atoms with Crippen LogP contribution in [0.2, 0.25) is 0 Å². The first-order chi connectivity index (χ1) is 13.0. The fraction of sp³-hybridized carbons (Fsp3) is 0.278. The van der Waals surface area contributed by atoms with Gasteiger partial charge in [-0.05, 0) is 23.1 Å². The molecule has 0 bridgehead atoms. The Morgan fingerprint density at radius 2 is 1.52 bits per heavy atom. The van der Waals surface area contributed by atoms with E-state index in [1.54, 1.807) is 19.2 Å². The summed E-state index contributed by atoms with van der Waals surface area (Å²) >= 11 is -0.556. The monoisotopic (exact) mass is 509 g/mol. The van der Waals surface area contributed by atoms with Gasteiger partial charge in [-0.3, -0.25) is 4.99 Å². The van der Waals surface area contributed by atoms with Crippen LogP contribution in [0.5, 0.6) is 0 Å². The number of hydrogen-bond acceptors (Lipinski definition) is 1. The summed E-state index contributed by atoms with van der Waals surface area (Å²) in [5.74, 6) is 0. The topological polar surface area (TPSA) is 26.5 Å². The van der Waals surface area contributed by atoms with Crippen molar-refractivity contribution in [2.75, 3.05) is 7.05 Å². The summed E-state index contributed by atoms with van der Waals surface area (Å²) in [6.07, 6.45) is 1.14. The molecular formula is C18H20Cl2F5N2STi-. The Balaban J connectivity index is 0.00000132. The van der Waals surface area contributed by atoms with Crippen LogP contribution in [0.1, 0.15) is 31.9 Å². The Labute approximate surface area is 184 Å². The molecule has 0 aromatic heterocycles. The number of para-hydroxylation sites is 2. The van der Waals surface area contributed by atoms with Gasteiger partial charge in [-0.25, -0.2) is 0 Å². The van der Waals surface area contributed by atoms with Crippen LogP contribution in [0.4, 0.5) is 30.8 Å². The van der Waals surface area contributed by atoms with Gasteiger partial charge >= 0.3 is 45.9 Å². The summed E-state index contributed by atoms with van der Waals surface area (Å²) in [6, 6.07) is 8.64. The molecule has 162 valence electrons. The molecule has 0 aliphatic rings. The molecule has 0 unspecified atom stereocenters. The van der Waals surface area contributed by atoms with Gasteiger partial charge < -0.3 is 5.32 Å². The fourth-order valence-corrected chi connectivity index (χ4v) is 3.40. The van der Waals surface area contributed by atoms with E-state index in [-0.39, 0.29) is 5.41 Å². The SMILES string of the molecule is C[N-]c1c(C=Nc2ccccc2S(F)(F)(F)(F)F)cccc1C(C)(C)C.[Cl][Ti][Cl]. The Bertz CT molecular complexity index is 885. The maximum absolute atomic E-state index is 13.2. The molecule has 29 heavy (non-hydrogen) atoms. The second kappa shape index (κ2) is 8.75. The van der Waals surface area contributed by atoms with Crippen LogP contribution in [0.3, 0.4) is 0 Å². The molecule has 0 atom stereocenters. The summed E-state index contributed by atoms with van der Waals surface area (Å²) in [5, 5.41) is 4.19. The van der Waals surface area contributed by atoms with Crippen LogP contribution in [-0.2, 0) is 22.4 Å². The molecule has 0 spiro atoms. The first-order valence-electron chi connectivity index (χ1n) is 8.12. The molecule has 0 saturated carbocycles. The summed E-state index contributed by atoms with van der Waals surface area (Å²) in [7, 11) is 1.50. The van der Waals surface area contributed by atoms with E-state index in [1.807, 2.05) is 26.8 Å². The van der Waals surface area contributed by atoms with Crippen LogP contribution >= 0.6 is 28.8 Å². The predicted molar refractivity (Wildman–Crippen MR) is 111 cm³/mol. The Morgan fingerprint density at radius 3 is 2.00 bits per heavy atom. The van der Waals surface area contributed by atoms with Crippen molar-refractivity contribution in [3.8, 4) is 0 Å². The number of nitrogens with zero attached hydrogens (tertiary/aromatic N) is 2. The number of hydrogen-bond donors (Lipinski definition) is 0. The van der Waals surface area contributed by atoms with Crippen LogP contribution in [-0.4, -0.2) is 13.3 Å². The van der Waals surface area contributed by atoms with Gasteiger partial charge in [0, 0.05) is 6.21 Å². The van der Waals surface area contributed by atoms with Crippen molar-refractivity contribution in [3.63, 3.8) is 0 Å². The van der Waals surface area contributed by atoms with E-state index in [0.29, 0.717) is 17.3 Å². The second-order valence-electron chi connectivity index (χ2n) is 6.98. The van der Waals surface area contributed by atoms with E-state index in [9.17, 15) is 19.4 Å². The molecule has 2 rings (SSSR count). The van der Waals surface area contributed by atoms with E-state index < -0.39 is 37.8 Å². The van der Waals surface area contributed by atoms with Crippen molar-refractivity contribution in [2.24, 2.45) is 4.99 Å². The quantitative estimate of drug-likeness (QED) is 0.223. The normalized spacial score (nSPS) is 14.4. The third-order valence-corrected chi connectivity index (χ3v) is 4.90. The zero-order valence-electron chi connectivity index (χ0n) is 16.1. The first-order valence-corrected chi connectivity index (χ1v) is 14.4. The molecule has 0 fully saturated rings. The van der Waals surface area contributed by atoms with Gasteiger partial charge in [0.05, 0.1) is 5.69 Å². The molecule has 0 aliphatic carbocycles. The number of halogens is 7. The third-order valence-electron chi connectivity index (χ3n) is 3.72. The summed E-state index contributed by atoms with van der Waals surface area (Å²) in [6.45, 7) is 5.92. The van der Waals surface area contributed by atoms with E-state index in [1.165, 1.54) is 6.07 Å². The van der Waals surface area contributed by atoms with Crippen LogP contribution < -0.4 is 0 Å². The minimum absolute atomic E-state index is 0.250. The minimum atomic E-state index is -9.83. The van der Waals surface area contributed by atoms with Crippen LogP contribution in [0, 0.1) is 0 Å². The number of benzene rings is 2. The van der Waals surface area contributed by atoms with Gasteiger partial charge in [0.1, 0.15) is 4.90 Å². The van der Waals surface area contributed by atoms with E-state index in [0.717, 1.165) is 23.9 Å². The van der Waals surface area contributed by atoms with Gasteiger partial charge in [0.15, 0.2) is 0 Å². The van der Waals surface area contributed by atoms with Gasteiger partial charge in [-0.2, -0.15) is 0 Å². The fourth-order valence-electron chi connectivity index (χ4n) is 2.55. The zero-order valence-corrected chi connectivity index (χ0v) is 20.0. The van der Waals surface area contributed by atoms with E-state index in [2.05, 4.69) is 10.3 Å². The third kappa shape index (κ3) is 7.76. The standard InChI is InChI=1S/C18H20F5N2S.2ClH.Ti/c1-18(2,3)14-9-7-8-13(17(14)24-4)12-25-15-10-5-6-11-16(15)26(19,20,21,22)23;;;/h5-12H,1-4H3;2*1H;/q-1;;;+2/p-2. The molecular weight excluding hydrogens is 490 g/mol. The maximum atomic E-state index is 13.2. The molecule has 0 saturated heterocycles. The molecule has 11 heteroatoms. The summed E-state index contributed by atoms with van der Waals surface area (Å²) in [4.78, 5) is 1.71. The summed E-state index contributed by atoms with van der Waals surface area (Å²) in [5.41, 5.74) is 0.825. The summed E-state index contributed by atoms with van der Waals surface area (Å²) < 4.78 is 66.0. The van der Waals surface area contributed by atoms with Crippen molar-refractivity contribution in [3.05, 3.63) is 58.9 Å². The Kier molecular flexibility index (Phi) is 7.92. The molecule has 0 N–H and O–H groups in total. The molecule has 2 aromatic carbocycles. The van der Waals surface area contributed by atoms with E-state index >= 15 is 0 Å². The number of rotatable bonds is 4. The zero-order chi connectivity index (χ0) is 22.6. The molecule has 2 nitrogen and oxygen atoms in total. The molecule has 0 radical (unpaired) electrons. The molecule has 0 amide bonds. The van der Waals surface area contributed by atoms with Crippen molar-refractivity contribution >= 4 is 46.4 Å². The first kappa shape index (κ1) is 26.2. The molecule has 0 heterocycles. The predicted octanol–water partition coefficient (Wildman–Crippen LogP) is 9.40. The van der Waals surface area contributed by atoms with Gasteiger partial charge in [0.2, 0.25) is 0 Å². The van der Waals surface area contributed by atoms with Gasteiger partial charge in [0.25, 0.3) is 0 Å². The second-order valence-corrected chi connectivity index (χ2v) is 11.9. The van der Waals surface area contributed by atoms with E-state index in [4.69, 9.17) is 18.6 Å².